The number of nitrogen functional groups attached to an aromatic ring is 1. The van der Waals surface area contributed by atoms with E-state index in [4.69, 9.17) is 5.73 Å². The molecule has 0 saturated heterocycles. The van der Waals surface area contributed by atoms with E-state index in [1.807, 2.05) is 19.1 Å². The second-order valence-corrected chi connectivity index (χ2v) is 5.84. The standard InChI is InChI=1S/C10H15NO2S/c1-8(7-14(2,12)13)9-3-5-10(11)6-4-9/h3-6,8H,7,11H2,1-2H3. The SMILES string of the molecule is CC(CS(C)(=O)=O)c1ccc(N)cc1. The molecule has 1 aromatic carbocycles. The number of hydrogen-bond acceptors (Lipinski definition) is 3. The van der Waals surface area contributed by atoms with Crippen LogP contribution in [0, 0.1) is 0 Å². The van der Waals surface area contributed by atoms with E-state index in [0.29, 0.717) is 5.69 Å². The van der Waals surface area contributed by atoms with Crippen LogP contribution in [0.1, 0.15) is 18.4 Å². The van der Waals surface area contributed by atoms with Crippen molar-refractivity contribution in [2.45, 2.75) is 12.8 Å². The Morgan fingerprint density at radius 3 is 2.21 bits per heavy atom. The average molecular weight is 213 g/mol. The summed E-state index contributed by atoms with van der Waals surface area (Å²) in [4.78, 5) is 0. The summed E-state index contributed by atoms with van der Waals surface area (Å²) in [5.74, 6) is 0.197. The Morgan fingerprint density at radius 2 is 1.79 bits per heavy atom. The minimum absolute atomic E-state index is 0.0191. The summed E-state index contributed by atoms with van der Waals surface area (Å²) in [6, 6.07) is 7.30. The molecule has 4 heteroatoms. The monoisotopic (exact) mass is 213 g/mol. The molecule has 78 valence electrons. The van der Waals surface area contributed by atoms with Gasteiger partial charge < -0.3 is 5.73 Å². The zero-order chi connectivity index (χ0) is 10.8. The van der Waals surface area contributed by atoms with Gasteiger partial charge in [0.2, 0.25) is 0 Å². The van der Waals surface area contributed by atoms with Crippen LogP contribution in [0.3, 0.4) is 0 Å². The highest BCUT2D eigenvalue weighted by atomic mass is 32.2. The van der Waals surface area contributed by atoms with Crippen LogP contribution in [0.15, 0.2) is 24.3 Å². The molecule has 1 aromatic rings. The van der Waals surface area contributed by atoms with Gasteiger partial charge in [-0.25, -0.2) is 8.42 Å². The first-order chi connectivity index (χ1) is 6.38. The van der Waals surface area contributed by atoms with Gasteiger partial charge in [-0.05, 0) is 23.6 Å². The fourth-order valence-electron chi connectivity index (χ4n) is 1.37. The molecule has 0 aliphatic rings. The molecular weight excluding hydrogens is 198 g/mol. The first kappa shape index (κ1) is 11.0. The van der Waals surface area contributed by atoms with E-state index in [1.165, 1.54) is 6.26 Å². The van der Waals surface area contributed by atoms with Gasteiger partial charge in [0.25, 0.3) is 0 Å². The van der Waals surface area contributed by atoms with Crippen molar-refractivity contribution in [2.24, 2.45) is 0 Å². The van der Waals surface area contributed by atoms with E-state index in [9.17, 15) is 8.42 Å². The minimum Gasteiger partial charge on any atom is -0.399 e. The number of benzene rings is 1. The van der Waals surface area contributed by atoms with E-state index in [-0.39, 0.29) is 11.7 Å². The van der Waals surface area contributed by atoms with Crippen LogP contribution in [0.4, 0.5) is 5.69 Å². The van der Waals surface area contributed by atoms with Crippen molar-refractivity contribution >= 4 is 15.5 Å². The molecule has 0 aliphatic carbocycles. The fraction of sp³-hybridized carbons (Fsp3) is 0.400. The van der Waals surface area contributed by atoms with Crippen LogP contribution in [-0.2, 0) is 9.84 Å². The molecule has 0 bridgehead atoms. The summed E-state index contributed by atoms with van der Waals surface area (Å²) in [6.45, 7) is 1.90. The maximum Gasteiger partial charge on any atom is 0.148 e. The first-order valence-corrected chi connectivity index (χ1v) is 6.48. The Hall–Kier alpha value is -1.03. The van der Waals surface area contributed by atoms with Gasteiger partial charge in [-0.15, -0.1) is 0 Å². The lowest BCUT2D eigenvalue weighted by atomic mass is 10.0. The van der Waals surface area contributed by atoms with Crippen LogP contribution in [0.2, 0.25) is 0 Å². The zero-order valence-corrected chi connectivity index (χ0v) is 9.21. The highest BCUT2D eigenvalue weighted by molar-refractivity contribution is 7.90. The van der Waals surface area contributed by atoms with Gasteiger partial charge in [-0.2, -0.15) is 0 Å². The topological polar surface area (TPSA) is 60.2 Å². The Balaban J connectivity index is 2.80. The maximum atomic E-state index is 11.1. The van der Waals surface area contributed by atoms with Crippen LogP contribution in [0.5, 0.6) is 0 Å². The highest BCUT2D eigenvalue weighted by Gasteiger charge is 2.11. The molecule has 0 aromatic heterocycles. The Morgan fingerprint density at radius 1 is 1.29 bits per heavy atom. The van der Waals surface area contributed by atoms with Gasteiger partial charge in [0, 0.05) is 11.9 Å². The smallest absolute Gasteiger partial charge is 0.148 e. The second-order valence-electron chi connectivity index (χ2n) is 3.66. The molecule has 0 heterocycles. The van der Waals surface area contributed by atoms with Gasteiger partial charge in [0.05, 0.1) is 5.75 Å². The van der Waals surface area contributed by atoms with E-state index >= 15 is 0 Å². The van der Waals surface area contributed by atoms with Crippen molar-refractivity contribution in [3.63, 3.8) is 0 Å². The summed E-state index contributed by atoms with van der Waals surface area (Å²) < 4.78 is 22.1. The van der Waals surface area contributed by atoms with Crippen molar-refractivity contribution in [3.05, 3.63) is 29.8 Å². The van der Waals surface area contributed by atoms with Crippen molar-refractivity contribution in [1.82, 2.24) is 0 Å². The Bertz CT molecular complexity index is 395. The predicted molar refractivity (Wildman–Crippen MR) is 59.0 cm³/mol. The van der Waals surface area contributed by atoms with Gasteiger partial charge >= 0.3 is 0 Å². The zero-order valence-electron chi connectivity index (χ0n) is 8.40. The van der Waals surface area contributed by atoms with Gasteiger partial charge in [0.1, 0.15) is 9.84 Å². The van der Waals surface area contributed by atoms with Crippen LogP contribution in [0.25, 0.3) is 0 Å². The first-order valence-electron chi connectivity index (χ1n) is 4.41. The molecule has 3 nitrogen and oxygen atoms in total. The number of anilines is 1. The predicted octanol–water partition coefficient (Wildman–Crippen LogP) is 1.42. The molecule has 14 heavy (non-hydrogen) atoms. The summed E-state index contributed by atoms with van der Waals surface area (Å²) in [7, 11) is -2.91. The number of hydrogen-bond donors (Lipinski definition) is 1. The van der Waals surface area contributed by atoms with Gasteiger partial charge in [0.15, 0.2) is 0 Å². The fourth-order valence-corrected chi connectivity index (χ4v) is 2.48. The molecule has 0 amide bonds. The van der Waals surface area contributed by atoms with Crippen molar-refractivity contribution in [3.8, 4) is 0 Å². The van der Waals surface area contributed by atoms with Crippen molar-refractivity contribution in [2.75, 3.05) is 17.7 Å². The lowest BCUT2D eigenvalue weighted by molar-refractivity contribution is 0.596. The van der Waals surface area contributed by atoms with E-state index < -0.39 is 9.84 Å². The normalized spacial score (nSPS) is 13.9. The molecule has 0 radical (unpaired) electrons. The average Bonchev–Trinajstić information content (AvgIpc) is 2.02. The minimum atomic E-state index is -2.91. The third-order valence-corrected chi connectivity index (χ3v) is 3.16. The van der Waals surface area contributed by atoms with E-state index in [1.54, 1.807) is 12.1 Å². The molecule has 1 rings (SSSR count). The van der Waals surface area contributed by atoms with Crippen LogP contribution < -0.4 is 5.73 Å². The molecule has 0 spiro atoms. The molecule has 1 unspecified atom stereocenters. The van der Waals surface area contributed by atoms with E-state index in [0.717, 1.165) is 5.56 Å². The summed E-state index contributed by atoms with van der Waals surface area (Å²) in [5, 5.41) is 0. The molecule has 0 fully saturated rings. The molecule has 1 atom stereocenters. The van der Waals surface area contributed by atoms with Crippen LogP contribution >= 0.6 is 0 Å². The lowest BCUT2D eigenvalue weighted by Gasteiger charge is -2.10. The molecule has 2 N–H and O–H groups in total. The molecule has 0 aliphatic heterocycles. The number of sulfone groups is 1. The highest BCUT2D eigenvalue weighted by Crippen LogP contribution is 2.18. The molecular formula is C10H15NO2S. The lowest BCUT2D eigenvalue weighted by Crippen LogP contribution is -2.10. The third-order valence-electron chi connectivity index (χ3n) is 2.06. The van der Waals surface area contributed by atoms with Crippen LogP contribution in [-0.4, -0.2) is 20.4 Å². The summed E-state index contributed by atoms with van der Waals surface area (Å²) in [6.07, 6.45) is 1.25. The summed E-state index contributed by atoms with van der Waals surface area (Å²) in [5.41, 5.74) is 7.23. The third kappa shape index (κ3) is 3.38. The quantitative estimate of drug-likeness (QED) is 0.772. The largest absolute Gasteiger partial charge is 0.399 e. The van der Waals surface area contributed by atoms with Crippen molar-refractivity contribution in [1.29, 1.82) is 0 Å². The summed E-state index contributed by atoms with van der Waals surface area (Å²) >= 11 is 0. The Labute approximate surface area is 84.9 Å². The van der Waals surface area contributed by atoms with Gasteiger partial charge in [-0.1, -0.05) is 19.1 Å². The number of rotatable bonds is 3. The van der Waals surface area contributed by atoms with Gasteiger partial charge in [-0.3, -0.25) is 0 Å². The number of nitrogens with two attached hydrogens (primary N) is 1. The Kier molecular flexibility index (Phi) is 3.16. The van der Waals surface area contributed by atoms with Crippen molar-refractivity contribution < 1.29 is 8.42 Å². The van der Waals surface area contributed by atoms with E-state index in [2.05, 4.69) is 0 Å². The second kappa shape index (κ2) is 4.00. The maximum absolute atomic E-state index is 11.1. The molecule has 0 saturated carbocycles.